The topological polar surface area (TPSA) is 29.3 Å². The zero-order chi connectivity index (χ0) is 13.4. The van der Waals surface area contributed by atoms with Crippen molar-refractivity contribution in [2.45, 2.75) is 45.2 Å². The molecule has 2 N–H and O–H groups in total. The number of rotatable bonds is 4. The Morgan fingerprint density at radius 2 is 2.17 bits per heavy atom. The molecule has 2 nitrogen and oxygen atoms in total. The summed E-state index contributed by atoms with van der Waals surface area (Å²) in [5.74, 6) is 0. The Bertz CT molecular complexity index is 416. The van der Waals surface area contributed by atoms with Crippen LogP contribution < -0.4 is 5.73 Å². The largest absolute Gasteiger partial charge is 0.329 e. The van der Waals surface area contributed by atoms with Crippen LogP contribution in [0, 0.1) is 5.41 Å². The van der Waals surface area contributed by atoms with E-state index in [0.717, 1.165) is 13.1 Å². The van der Waals surface area contributed by atoms with Crippen molar-refractivity contribution in [1.82, 2.24) is 4.90 Å². The van der Waals surface area contributed by atoms with E-state index in [1.165, 1.54) is 28.6 Å². The molecule has 0 aliphatic heterocycles. The SMILES string of the molecule is CN(Cc1cc(Br)cs1)C1(CN)CCC(C)(C)C1. The van der Waals surface area contributed by atoms with Crippen LogP contribution in [0.1, 0.15) is 38.0 Å². The maximum absolute atomic E-state index is 6.10. The van der Waals surface area contributed by atoms with Gasteiger partial charge in [-0.2, -0.15) is 0 Å². The third-order valence-electron chi connectivity index (χ3n) is 4.28. The van der Waals surface area contributed by atoms with Gasteiger partial charge in [0, 0.05) is 33.4 Å². The lowest BCUT2D eigenvalue weighted by atomic mass is 9.87. The van der Waals surface area contributed by atoms with Crippen LogP contribution in [0.4, 0.5) is 0 Å². The highest BCUT2D eigenvalue weighted by Crippen LogP contribution is 2.46. The van der Waals surface area contributed by atoms with Gasteiger partial charge in [-0.3, -0.25) is 4.90 Å². The van der Waals surface area contributed by atoms with Crippen LogP contribution in [0.5, 0.6) is 0 Å². The van der Waals surface area contributed by atoms with Gasteiger partial charge < -0.3 is 5.73 Å². The van der Waals surface area contributed by atoms with E-state index >= 15 is 0 Å². The summed E-state index contributed by atoms with van der Waals surface area (Å²) in [6, 6.07) is 2.21. The van der Waals surface area contributed by atoms with E-state index in [0.29, 0.717) is 5.41 Å². The van der Waals surface area contributed by atoms with Gasteiger partial charge in [-0.15, -0.1) is 11.3 Å². The summed E-state index contributed by atoms with van der Waals surface area (Å²) in [4.78, 5) is 3.88. The molecule has 1 heterocycles. The Kier molecular flexibility index (Phi) is 4.22. The van der Waals surface area contributed by atoms with Crippen LogP contribution in [0.25, 0.3) is 0 Å². The number of likely N-dealkylation sites (N-methyl/N-ethyl adjacent to an activating group) is 1. The highest BCUT2D eigenvalue weighted by atomic mass is 79.9. The van der Waals surface area contributed by atoms with Gasteiger partial charge in [0.1, 0.15) is 0 Å². The minimum Gasteiger partial charge on any atom is -0.329 e. The second-order valence-corrected chi connectivity index (χ2v) is 8.27. The number of thiophene rings is 1. The lowest BCUT2D eigenvalue weighted by Crippen LogP contribution is -2.50. The molecule has 18 heavy (non-hydrogen) atoms. The van der Waals surface area contributed by atoms with E-state index in [-0.39, 0.29) is 5.54 Å². The molecule has 0 amide bonds. The molecule has 4 heteroatoms. The van der Waals surface area contributed by atoms with Gasteiger partial charge in [0.2, 0.25) is 0 Å². The van der Waals surface area contributed by atoms with E-state index in [1.807, 2.05) is 11.3 Å². The maximum atomic E-state index is 6.10. The first-order valence-corrected chi connectivity index (χ1v) is 8.18. The molecule has 0 spiro atoms. The Morgan fingerprint density at radius 1 is 1.44 bits per heavy atom. The third kappa shape index (κ3) is 2.98. The van der Waals surface area contributed by atoms with Gasteiger partial charge in [0.05, 0.1) is 0 Å². The Labute approximate surface area is 123 Å². The Morgan fingerprint density at radius 3 is 2.61 bits per heavy atom. The van der Waals surface area contributed by atoms with E-state index in [9.17, 15) is 0 Å². The van der Waals surface area contributed by atoms with Gasteiger partial charge in [0.25, 0.3) is 0 Å². The summed E-state index contributed by atoms with van der Waals surface area (Å²) in [6.45, 7) is 6.49. The molecule has 1 saturated carbocycles. The number of nitrogens with two attached hydrogens (primary N) is 1. The molecule has 0 saturated heterocycles. The average Bonchev–Trinajstić information content (AvgIpc) is 2.83. The molecule has 1 unspecified atom stereocenters. The fourth-order valence-corrected chi connectivity index (χ4v) is 4.64. The fraction of sp³-hybridized carbons (Fsp3) is 0.714. The zero-order valence-corrected chi connectivity index (χ0v) is 13.9. The van der Waals surface area contributed by atoms with E-state index in [2.05, 4.69) is 53.2 Å². The van der Waals surface area contributed by atoms with Gasteiger partial charge >= 0.3 is 0 Å². The summed E-state index contributed by atoms with van der Waals surface area (Å²) in [5, 5.41) is 2.15. The first kappa shape index (κ1) is 14.5. The lowest BCUT2D eigenvalue weighted by Gasteiger charge is -2.39. The molecule has 1 atom stereocenters. The van der Waals surface area contributed by atoms with Crippen LogP contribution in [0.3, 0.4) is 0 Å². The first-order chi connectivity index (χ1) is 8.37. The molecule has 0 bridgehead atoms. The van der Waals surface area contributed by atoms with Crippen molar-refractivity contribution in [3.63, 3.8) is 0 Å². The quantitative estimate of drug-likeness (QED) is 0.908. The standard InChI is InChI=1S/C14H23BrN2S/c1-13(2)4-5-14(9-13,10-16)17(3)7-12-6-11(15)8-18-12/h6,8H,4-5,7,9-10,16H2,1-3H3. The molecule has 2 rings (SSSR count). The highest BCUT2D eigenvalue weighted by molar-refractivity contribution is 9.10. The molecule has 1 aliphatic carbocycles. The van der Waals surface area contributed by atoms with Crippen LogP contribution in [0.2, 0.25) is 0 Å². The van der Waals surface area contributed by atoms with Gasteiger partial charge in [-0.05, 0) is 53.7 Å². The summed E-state index contributed by atoms with van der Waals surface area (Å²) in [6.07, 6.45) is 3.71. The summed E-state index contributed by atoms with van der Waals surface area (Å²) < 4.78 is 1.18. The third-order valence-corrected chi connectivity index (χ3v) is 5.96. The van der Waals surface area contributed by atoms with E-state index in [1.54, 1.807) is 0 Å². The minimum atomic E-state index is 0.194. The first-order valence-electron chi connectivity index (χ1n) is 6.51. The summed E-state index contributed by atoms with van der Waals surface area (Å²) in [5.41, 5.74) is 6.73. The van der Waals surface area contributed by atoms with Crippen molar-refractivity contribution < 1.29 is 0 Å². The van der Waals surface area contributed by atoms with Gasteiger partial charge in [-0.1, -0.05) is 13.8 Å². The average molecular weight is 331 g/mol. The van der Waals surface area contributed by atoms with Crippen LogP contribution in [-0.2, 0) is 6.54 Å². The summed E-state index contributed by atoms with van der Waals surface area (Å²) >= 11 is 5.34. The highest BCUT2D eigenvalue weighted by Gasteiger charge is 2.44. The molecule has 102 valence electrons. The molecule has 0 aromatic carbocycles. The zero-order valence-electron chi connectivity index (χ0n) is 11.5. The normalized spacial score (nSPS) is 27.0. The molecule has 1 fully saturated rings. The van der Waals surface area contributed by atoms with Crippen molar-refractivity contribution in [2.75, 3.05) is 13.6 Å². The molecule has 1 aromatic rings. The van der Waals surface area contributed by atoms with Gasteiger partial charge in [-0.25, -0.2) is 0 Å². The minimum absolute atomic E-state index is 0.194. The smallest absolute Gasteiger partial charge is 0.0337 e. The second-order valence-electron chi connectivity index (χ2n) is 6.36. The van der Waals surface area contributed by atoms with Crippen molar-refractivity contribution in [3.8, 4) is 0 Å². The number of halogens is 1. The van der Waals surface area contributed by atoms with Crippen LogP contribution in [-0.4, -0.2) is 24.0 Å². The summed E-state index contributed by atoms with van der Waals surface area (Å²) in [7, 11) is 2.22. The second kappa shape index (κ2) is 5.23. The number of nitrogens with zero attached hydrogens (tertiary/aromatic N) is 1. The van der Waals surface area contributed by atoms with Crippen LogP contribution in [0.15, 0.2) is 15.9 Å². The number of hydrogen-bond donors (Lipinski definition) is 1. The molecule has 1 aromatic heterocycles. The maximum Gasteiger partial charge on any atom is 0.0337 e. The molecular formula is C14H23BrN2S. The number of hydrogen-bond acceptors (Lipinski definition) is 3. The van der Waals surface area contributed by atoms with Crippen molar-refractivity contribution in [1.29, 1.82) is 0 Å². The van der Waals surface area contributed by atoms with E-state index < -0.39 is 0 Å². The Balaban J connectivity index is 2.09. The molecule has 0 radical (unpaired) electrons. The van der Waals surface area contributed by atoms with Crippen LogP contribution >= 0.6 is 27.3 Å². The predicted octanol–water partition coefficient (Wildman–Crippen LogP) is 3.85. The monoisotopic (exact) mass is 330 g/mol. The lowest BCUT2D eigenvalue weighted by molar-refractivity contribution is 0.112. The predicted molar refractivity (Wildman–Crippen MR) is 82.9 cm³/mol. The van der Waals surface area contributed by atoms with Crippen molar-refractivity contribution in [2.24, 2.45) is 11.1 Å². The van der Waals surface area contributed by atoms with Crippen molar-refractivity contribution >= 4 is 27.3 Å². The molecular weight excluding hydrogens is 308 g/mol. The van der Waals surface area contributed by atoms with Crippen molar-refractivity contribution in [3.05, 3.63) is 20.8 Å². The van der Waals surface area contributed by atoms with E-state index in [4.69, 9.17) is 5.73 Å². The molecule has 1 aliphatic rings. The Hall–Kier alpha value is 0.1000. The van der Waals surface area contributed by atoms with Gasteiger partial charge in [0.15, 0.2) is 0 Å². The fourth-order valence-electron chi connectivity index (χ4n) is 3.13.